The number of amides is 2. The Labute approximate surface area is 355 Å². The number of phenols is 1. The van der Waals surface area contributed by atoms with E-state index in [1.165, 1.54) is 37.7 Å². The molecular formula is C47H49F4N5O6. The molecule has 0 saturated carbocycles. The van der Waals surface area contributed by atoms with E-state index in [9.17, 15) is 41.8 Å². The monoisotopic (exact) mass is 855 g/mol. The van der Waals surface area contributed by atoms with Crippen molar-refractivity contribution in [3.8, 4) is 11.5 Å². The summed E-state index contributed by atoms with van der Waals surface area (Å²) >= 11 is 0. The van der Waals surface area contributed by atoms with Crippen LogP contribution in [0.5, 0.6) is 11.5 Å². The van der Waals surface area contributed by atoms with Crippen molar-refractivity contribution in [2.45, 2.75) is 84.4 Å². The van der Waals surface area contributed by atoms with Crippen LogP contribution in [0.15, 0.2) is 88.7 Å². The van der Waals surface area contributed by atoms with E-state index in [-0.39, 0.29) is 50.6 Å². The highest BCUT2D eigenvalue weighted by Crippen LogP contribution is 2.41. The number of pyridine rings is 2. The lowest BCUT2D eigenvalue weighted by Gasteiger charge is -2.28. The number of aromatic amines is 2. The fourth-order valence-corrected chi connectivity index (χ4v) is 7.55. The minimum Gasteiger partial charge on any atom is -0.508 e. The first-order chi connectivity index (χ1) is 29.0. The number of benzene rings is 4. The largest absolute Gasteiger partial charge is 0.508 e. The van der Waals surface area contributed by atoms with E-state index in [4.69, 9.17) is 4.74 Å². The number of alkyl halides is 3. The van der Waals surface area contributed by atoms with Crippen LogP contribution in [0.25, 0.3) is 21.8 Å². The Morgan fingerprint density at radius 3 is 1.94 bits per heavy atom. The van der Waals surface area contributed by atoms with Crippen LogP contribution >= 0.6 is 0 Å². The minimum atomic E-state index is -4.66. The first-order valence-corrected chi connectivity index (χ1v) is 20.0. The molecule has 5 N–H and O–H groups in total. The quantitative estimate of drug-likeness (QED) is 0.104. The average molecular weight is 856 g/mol. The number of fused-ring (bicyclic) bond motifs is 2. The molecule has 2 aromatic heterocycles. The lowest BCUT2D eigenvalue weighted by Crippen LogP contribution is -2.27. The molecule has 1 aliphatic heterocycles. The molecule has 6 aromatic rings. The third kappa shape index (κ3) is 9.31. The van der Waals surface area contributed by atoms with E-state index in [1.807, 2.05) is 59.4 Å². The van der Waals surface area contributed by atoms with Crippen molar-refractivity contribution in [1.82, 2.24) is 9.97 Å². The first kappa shape index (κ1) is 44.9. The van der Waals surface area contributed by atoms with Gasteiger partial charge in [0, 0.05) is 64.8 Å². The Morgan fingerprint density at radius 1 is 0.758 bits per heavy atom. The van der Waals surface area contributed by atoms with Gasteiger partial charge in [0.1, 0.15) is 16.9 Å². The summed E-state index contributed by atoms with van der Waals surface area (Å²) in [7, 11) is 1.33. The van der Waals surface area contributed by atoms with Gasteiger partial charge in [-0.3, -0.25) is 19.2 Å². The molecule has 0 aliphatic carbocycles. The third-order valence-electron chi connectivity index (χ3n) is 10.9. The number of aromatic hydroxyl groups is 1. The number of hydrogen-bond acceptors (Lipinski definition) is 7. The number of H-pyrrole nitrogens is 2. The van der Waals surface area contributed by atoms with Crippen LogP contribution in [-0.2, 0) is 17.0 Å². The normalized spacial score (nSPS) is 14.4. The number of phenolic OH excluding ortho intramolecular Hbond substituents is 1. The van der Waals surface area contributed by atoms with Gasteiger partial charge in [-0.25, -0.2) is 4.39 Å². The summed E-state index contributed by atoms with van der Waals surface area (Å²) in [5, 5.41) is 16.0. The summed E-state index contributed by atoms with van der Waals surface area (Å²) in [5.41, 5.74) is -0.174. The van der Waals surface area contributed by atoms with Crippen molar-refractivity contribution in [2.24, 2.45) is 0 Å². The van der Waals surface area contributed by atoms with Gasteiger partial charge >= 0.3 is 6.18 Å². The van der Waals surface area contributed by atoms with Crippen LogP contribution in [0, 0.1) is 5.82 Å². The second-order valence-electron chi connectivity index (χ2n) is 17.4. The predicted molar refractivity (Wildman–Crippen MR) is 235 cm³/mol. The van der Waals surface area contributed by atoms with E-state index < -0.39 is 40.2 Å². The molecule has 0 bridgehead atoms. The van der Waals surface area contributed by atoms with E-state index in [1.54, 1.807) is 30.3 Å². The van der Waals surface area contributed by atoms with Crippen LogP contribution < -0.4 is 31.1 Å². The maximum absolute atomic E-state index is 14.1. The van der Waals surface area contributed by atoms with E-state index in [2.05, 4.69) is 20.6 Å². The van der Waals surface area contributed by atoms with E-state index in [0.717, 1.165) is 36.1 Å². The molecule has 1 fully saturated rings. The number of ether oxygens (including phenoxy) is 1. The van der Waals surface area contributed by atoms with Crippen molar-refractivity contribution in [3.05, 3.63) is 133 Å². The molecule has 1 atom stereocenters. The molecule has 0 spiro atoms. The molecule has 3 heterocycles. The van der Waals surface area contributed by atoms with Gasteiger partial charge < -0.3 is 35.3 Å². The number of hydrogen-bond donors (Lipinski definition) is 5. The number of anilines is 3. The lowest BCUT2D eigenvalue weighted by molar-refractivity contribution is -0.136. The number of rotatable bonds is 6. The lowest BCUT2D eigenvalue weighted by atomic mass is 9.79. The van der Waals surface area contributed by atoms with Gasteiger partial charge in [0.15, 0.2) is 11.6 Å². The Hall–Kier alpha value is -6.64. The summed E-state index contributed by atoms with van der Waals surface area (Å²) in [6.07, 6.45) is -0.307. The maximum Gasteiger partial charge on any atom is 0.418 e. The molecule has 11 nitrogen and oxygen atoms in total. The molecule has 15 heteroatoms. The third-order valence-corrected chi connectivity index (χ3v) is 10.9. The van der Waals surface area contributed by atoms with Crippen LogP contribution in [0.2, 0.25) is 0 Å². The number of carbonyl (C=O) groups is 2. The van der Waals surface area contributed by atoms with Crippen LogP contribution in [0.1, 0.15) is 98.7 Å². The Kier molecular flexibility index (Phi) is 12.3. The molecule has 1 aliphatic rings. The van der Waals surface area contributed by atoms with Gasteiger partial charge in [0.05, 0.1) is 23.9 Å². The number of aromatic nitrogens is 2. The second-order valence-corrected chi connectivity index (χ2v) is 17.4. The fraction of sp³-hybridized carbons (Fsp3) is 0.319. The molecule has 2 amide bonds. The maximum atomic E-state index is 14.1. The zero-order valence-electron chi connectivity index (χ0n) is 35.7. The summed E-state index contributed by atoms with van der Waals surface area (Å²) < 4.78 is 60.2. The van der Waals surface area contributed by atoms with E-state index >= 15 is 0 Å². The average Bonchev–Trinajstić information content (AvgIpc) is 3.62. The minimum absolute atomic E-state index is 0.00501. The van der Waals surface area contributed by atoms with Crippen molar-refractivity contribution >= 4 is 50.7 Å². The number of nitrogens with zero attached hydrogens (tertiary/aromatic N) is 1. The molecule has 326 valence electrons. The molecule has 7 rings (SSSR count). The van der Waals surface area contributed by atoms with Gasteiger partial charge in [-0.2, -0.15) is 13.2 Å². The van der Waals surface area contributed by atoms with Gasteiger partial charge in [-0.15, -0.1) is 0 Å². The summed E-state index contributed by atoms with van der Waals surface area (Å²) in [5.74, 6) is -2.19. The van der Waals surface area contributed by atoms with Crippen LogP contribution in [0.3, 0.4) is 0 Å². The van der Waals surface area contributed by atoms with Gasteiger partial charge in [-0.05, 0) is 84.2 Å². The number of halogens is 4. The zero-order valence-corrected chi connectivity index (χ0v) is 35.7. The fourth-order valence-electron chi connectivity index (χ4n) is 7.55. The van der Waals surface area contributed by atoms with Gasteiger partial charge in [0.2, 0.25) is 10.9 Å². The molecule has 0 radical (unpaired) electrons. The zero-order chi connectivity index (χ0) is 45.5. The molecular weight excluding hydrogens is 807 g/mol. The van der Waals surface area contributed by atoms with Gasteiger partial charge in [0.25, 0.3) is 11.8 Å². The van der Waals surface area contributed by atoms with Crippen molar-refractivity contribution < 1.29 is 37.0 Å². The molecule has 62 heavy (non-hydrogen) atoms. The van der Waals surface area contributed by atoms with Gasteiger partial charge in [-0.1, -0.05) is 53.7 Å². The Morgan fingerprint density at radius 2 is 1.35 bits per heavy atom. The van der Waals surface area contributed by atoms with Crippen LogP contribution in [-0.4, -0.2) is 46.6 Å². The molecule has 0 unspecified atom stereocenters. The van der Waals surface area contributed by atoms with E-state index in [0.29, 0.717) is 34.3 Å². The van der Waals surface area contributed by atoms with Crippen molar-refractivity contribution in [3.63, 3.8) is 0 Å². The highest BCUT2D eigenvalue weighted by atomic mass is 19.4. The second kappa shape index (κ2) is 17.0. The predicted octanol–water partition coefficient (Wildman–Crippen LogP) is 10.0. The Balaban J connectivity index is 0.000000207. The highest BCUT2D eigenvalue weighted by Gasteiger charge is 2.36. The number of methoxy groups -OCH3 is 1. The smallest absolute Gasteiger partial charge is 0.418 e. The topological polar surface area (TPSA) is 157 Å². The number of para-hydroxylation sites is 1. The SMILES string of the molecule is COc1cc2[nH]cc(C(=O)Nc3cc(O)c(C(C)(C)C)cc3C(C)(C)C)c(=O)c2cc1F.C[C@H]1CCCN1c1ccc(NC(=O)c2c[nH]c3ccccc3c2=O)c(C(F)(F)F)c1. The summed E-state index contributed by atoms with van der Waals surface area (Å²) in [4.78, 5) is 58.8. The summed E-state index contributed by atoms with van der Waals surface area (Å²) in [6.45, 7) is 14.7. The number of carbonyl (C=O) groups excluding carboxylic acids is 2. The van der Waals surface area contributed by atoms with Crippen molar-refractivity contribution in [2.75, 3.05) is 29.2 Å². The number of nitrogens with one attached hydrogen (secondary N) is 4. The standard InChI is InChI=1S/C25H29FN2O4.C22H20F3N3O2/c1-24(2,3)15-9-16(25(4,5)6)20(29)10-19(15)28-23(31)14-12-27-18-11-21(32-7)17(26)8-13(18)22(14)30;1-13-5-4-10-28(13)14-8-9-19(17(11-14)22(23,24)25)27-21(30)16-12-26-18-7-3-2-6-15(18)20(16)29/h8-12,29H,1-7H3,(H,27,30)(H,28,31);2-3,6-9,11-13H,4-5,10H2,1H3,(H,26,29)(H,27,30)/t;13-/m.0/s1. The molecule has 1 saturated heterocycles. The summed E-state index contributed by atoms with van der Waals surface area (Å²) in [6, 6.07) is 16.5. The molecule has 4 aromatic carbocycles. The van der Waals surface area contributed by atoms with Crippen LogP contribution in [0.4, 0.5) is 34.6 Å². The first-order valence-electron chi connectivity index (χ1n) is 20.0. The highest BCUT2D eigenvalue weighted by molar-refractivity contribution is 6.07. The van der Waals surface area contributed by atoms with Crippen molar-refractivity contribution in [1.29, 1.82) is 0 Å². The Bertz CT molecular complexity index is 2820.